The molecule has 2 rings (SSSR count). The number of nitrogens with zero attached hydrogens (tertiary/aromatic N) is 2. The van der Waals surface area contributed by atoms with Gasteiger partial charge in [0.2, 0.25) is 0 Å². The van der Waals surface area contributed by atoms with Gasteiger partial charge in [-0.3, -0.25) is 9.69 Å². The number of hydrogen-bond acceptors (Lipinski definition) is 3. The number of aldehydes is 1. The zero-order chi connectivity index (χ0) is 12.3. The van der Waals surface area contributed by atoms with Crippen molar-refractivity contribution in [2.45, 2.75) is 32.5 Å². The molecule has 1 atom stereocenters. The summed E-state index contributed by atoms with van der Waals surface area (Å²) in [5, 5.41) is 0. The fourth-order valence-corrected chi connectivity index (χ4v) is 2.24. The monoisotopic (exact) mass is 236 g/mol. The van der Waals surface area contributed by atoms with Gasteiger partial charge >= 0.3 is 0 Å². The molecule has 0 aromatic carbocycles. The smallest absolute Gasteiger partial charge is 0.166 e. The highest BCUT2D eigenvalue weighted by atomic mass is 16.5. The van der Waals surface area contributed by atoms with E-state index in [1.807, 2.05) is 22.9 Å². The first-order valence-electron chi connectivity index (χ1n) is 6.16. The van der Waals surface area contributed by atoms with Crippen LogP contribution in [0.1, 0.15) is 24.3 Å². The van der Waals surface area contributed by atoms with Gasteiger partial charge in [-0.2, -0.15) is 0 Å². The largest absolute Gasteiger partial charge is 0.374 e. The van der Waals surface area contributed by atoms with Gasteiger partial charge in [-0.25, -0.2) is 0 Å². The summed E-state index contributed by atoms with van der Waals surface area (Å²) in [6.07, 6.45) is 3.00. The van der Waals surface area contributed by atoms with Gasteiger partial charge in [-0.15, -0.1) is 0 Å². The third-order valence-electron chi connectivity index (χ3n) is 3.29. The summed E-state index contributed by atoms with van der Waals surface area (Å²) >= 11 is 0. The van der Waals surface area contributed by atoms with Crippen LogP contribution in [0.4, 0.5) is 0 Å². The summed E-state index contributed by atoms with van der Waals surface area (Å²) in [7, 11) is 0. The highest BCUT2D eigenvalue weighted by molar-refractivity contribution is 5.72. The number of carbonyl (C=O) groups excluding carboxylic acids is 1. The molecular formula is C13H20N2O2. The highest BCUT2D eigenvalue weighted by Crippen LogP contribution is 2.11. The number of rotatable bonds is 4. The van der Waals surface area contributed by atoms with E-state index < -0.39 is 0 Å². The van der Waals surface area contributed by atoms with E-state index in [1.165, 1.54) is 0 Å². The van der Waals surface area contributed by atoms with E-state index in [0.29, 0.717) is 6.04 Å². The lowest BCUT2D eigenvalue weighted by atomic mass is 10.2. The molecule has 0 aliphatic carbocycles. The van der Waals surface area contributed by atoms with Gasteiger partial charge in [0.05, 0.1) is 24.9 Å². The van der Waals surface area contributed by atoms with Crippen molar-refractivity contribution in [3.05, 3.63) is 24.0 Å². The zero-order valence-corrected chi connectivity index (χ0v) is 10.5. The summed E-state index contributed by atoms with van der Waals surface area (Å²) in [4.78, 5) is 13.2. The Morgan fingerprint density at radius 1 is 1.59 bits per heavy atom. The van der Waals surface area contributed by atoms with Crippen LogP contribution in [0.25, 0.3) is 0 Å². The van der Waals surface area contributed by atoms with Crippen LogP contribution in [0.3, 0.4) is 0 Å². The average Bonchev–Trinajstić information content (AvgIpc) is 2.76. The maximum Gasteiger partial charge on any atom is 0.166 e. The normalized spacial score (nSPS) is 21.9. The van der Waals surface area contributed by atoms with E-state index in [0.717, 1.165) is 38.2 Å². The SMILES string of the molecule is CC(C)N1CCOC(Cn2cccc2C=O)C1. The van der Waals surface area contributed by atoms with Crippen LogP contribution >= 0.6 is 0 Å². The third-order valence-corrected chi connectivity index (χ3v) is 3.29. The second-order valence-corrected chi connectivity index (χ2v) is 4.78. The van der Waals surface area contributed by atoms with E-state index in [-0.39, 0.29) is 6.10 Å². The Morgan fingerprint density at radius 3 is 3.12 bits per heavy atom. The predicted molar refractivity (Wildman–Crippen MR) is 66.3 cm³/mol. The van der Waals surface area contributed by atoms with Crippen LogP contribution in [0.2, 0.25) is 0 Å². The van der Waals surface area contributed by atoms with Crippen molar-refractivity contribution < 1.29 is 9.53 Å². The number of ether oxygens (including phenoxy) is 1. The minimum Gasteiger partial charge on any atom is -0.374 e. The summed E-state index contributed by atoms with van der Waals surface area (Å²) in [5.74, 6) is 0. The zero-order valence-electron chi connectivity index (χ0n) is 10.5. The highest BCUT2D eigenvalue weighted by Gasteiger charge is 2.22. The van der Waals surface area contributed by atoms with E-state index >= 15 is 0 Å². The van der Waals surface area contributed by atoms with Gasteiger partial charge in [0.25, 0.3) is 0 Å². The van der Waals surface area contributed by atoms with Gasteiger partial charge in [0.1, 0.15) is 0 Å². The summed E-state index contributed by atoms with van der Waals surface area (Å²) in [6, 6.07) is 4.28. The second-order valence-electron chi connectivity index (χ2n) is 4.78. The quantitative estimate of drug-likeness (QED) is 0.741. The van der Waals surface area contributed by atoms with E-state index in [2.05, 4.69) is 18.7 Å². The first-order valence-corrected chi connectivity index (χ1v) is 6.16. The third kappa shape index (κ3) is 2.96. The number of hydrogen-bond donors (Lipinski definition) is 0. The van der Waals surface area contributed by atoms with Crippen molar-refractivity contribution in [2.75, 3.05) is 19.7 Å². The molecule has 94 valence electrons. The van der Waals surface area contributed by atoms with E-state index in [9.17, 15) is 4.79 Å². The minimum atomic E-state index is 0.178. The molecule has 17 heavy (non-hydrogen) atoms. The number of carbonyl (C=O) groups is 1. The summed E-state index contributed by atoms with van der Waals surface area (Å²) < 4.78 is 7.71. The Kier molecular flexibility index (Phi) is 3.97. The molecule has 1 aromatic rings. The molecule has 1 aliphatic rings. The molecule has 0 N–H and O–H groups in total. The molecule has 1 aliphatic heterocycles. The second kappa shape index (κ2) is 5.47. The molecule has 1 saturated heterocycles. The van der Waals surface area contributed by atoms with Crippen LogP contribution in [-0.2, 0) is 11.3 Å². The molecule has 1 unspecified atom stereocenters. The van der Waals surface area contributed by atoms with Crippen LogP contribution in [0.15, 0.2) is 18.3 Å². The average molecular weight is 236 g/mol. The Hall–Kier alpha value is -1.13. The molecule has 0 saturated carbocycles. The maximum absolute atomic E-state index is 10.8. The van der Waals surface area contributed by atoms with Crippen LogP contribution < -0.4 is 0 Å². The van der Waals surface area contributed by atoms with Crippen LogP contribution in [0.5, 0.6) is 0 Å². The van der Waals surface area contributed by atoms with Gasteiger partial charge in [0.15, 0.2) is 6.29 Å². The standard InChI is InChI=1S/C13H20N2O2/c1-11(2)14-6-7-17-13(8-14)9-15-5-3-4-12(15)10-16/h3-5,10-11,13H,6-9H2,1-2H3. The number of morpholine rings is 1. The molecule has 0 radical (unpaired) electrons. The molecule has 4 heteroatoms. The molecule has 1 fully saturated rings. The molecule has 0 bridgehead atoms. The number of aromatic nitrogens is 1. The lowest BCUT2D eigenvalue weighted by Crippen LogP contribution is -2.47. The van der Waals surface area contributed by atoms with E-state index in [1.54, 1.807) is 0 Å². The van der Waals surface area contributed by atoms with Crippen LogP contribution in [-0.4, -0.2) is 47.6 Å². The van der Waals surface area contributed by atoms with Crippen molar-refractivity contribution in [2.24, 2.45) is 0 Å². The molecule has 4 nitrogen and oxygen atoms in total. The van der Waals surface area contributed by atoms with Crippen molar-refractivity contribution in [3.63, 3.8) is 0 Å². The Bertz CT molecular complexity index is 373. The van der Waals surface area contributed by atoms with Crippen molar-refractivity contribution in [3.8, 4) is 0 Å². The fraction of sp³-hybridized carbons (Fsp3) is 0.615. The molecule has 1 aromatic heterocycles. The molecule has 2 heterocycles. The maximum atomic E-state index is 10.8. The summed E-state index contributed by atoms with van der Waals surface area (Å²) in [5.41, 5.74) is 0.718. The first-order chi connectivity index (χ1) is 8.20. The Morgan fingerprint density at radius 2 is 2.41 bits per heavy atom. The molecule has 0 spiro atoms. The first kappa shape index (κ1) is 12.3. The van der Waals surface area contributed by atoms with Gasteiger partial charge in [-0.05, 0) is 26.0 Å². The predicted octanol–water partition coefficient (Wildman–Crippen LogP) is 1.41. The topological polar surface area (TPSA) is 34.5 Å². The van der Waals surface area contributed by atoms with Gasteiger partial charge in [-0.1, -0.05) is 0 Å². The summed E-state index contributed by atoms with van der Waals surface area (Å²) in [6.45, 7) is 7.88. The van der Waals surface area contributed by atoms with Crippen molar-refractivity contribution in [1.82, 2.24) is 9.47 Å². The molecule has 0 amide bonds. The Balaban J connectivity index is 1.97. The fourth-order valence-electron chi connectivity index (χ4n) is 2.24. The van der Waals surface area contributed by atoms with Gasteiger partial charge in [0, 0.05) is 25.3 Å². The molecular weight excluding hydrogens is 216 g/mol. The van der Waals surface area contributed by atoms with E-state index in [4.69, 9.17) is 4.74 Å². The Labute approximate surface area is 102 Å². The van der Waals surface area contributed by atoms with Crippen LogP contribution in [0, 0.1) is 0 Å². The lowest BCUT2D eigenvalue weighted by molar-refractivity contribution is -0.0456. The van der Waals surface area contributed by atoms with Crippen molar-refractivity contribution >= 4 is 6.29 Å². The van der Waals surface area contributed by atoms with Crippen molar-refractivity contribution in [1.29, 1.82) is 0 Å². The van der Waals surface area contributed by atoms with Gasteiger partial charge < -0.3 is 9.30 Å². The lowest BCUT2D eigenvalue weighted by Gasteiger charge is -2.35. The minimum absolute atomic E-state index is 0.178.